The van der Waals surface area contributed by atoms with Gasteiger partial charge >= 0.3 is 0 Å². The van der Waals surface area contributed by atoms with Crippen molar-refractivity contribution in [1.29, 1.82) is 0 Å². The molecule has 0 N–H and O–H groups in total. The topological polar surface area (TPSA) is 63.4 Å². The molecule has 0 aliphatic carbocycles. The van der Waals surface area contributed by atoms with E-state index in [2.05, 4.69) is 4.98 Å². The zero-order valence-corrected chi connectivity index (χ0v) is 17.1. The number of carbonyl (C=O) groups excluding carboxylic acids is 1. The maximum absolute atomic E-state index is 13.4. The number of hydrogen-bond donors (Lipinski definition) is 0. The Morgan fingerprint density at radius 2 is 1.83 bits per heavy atom. The highest BCUT2D eigenvalue weighted by Crippen LogP contribution is 2.39. The lowest BCUT2D eigenvalue weighted by atomic mass is 9.98. The molecule has 4 aromatic rings. The van der Waals surface area contributed by atoms with E-state index in [4.69, 9.17) is 4.42 Å². The Labute approximate surface area is 177 Å². The van der Waals surface area contributed by atoms with Crippen molar-refractivity contribution < 1.29 is 9.21 Å². The first-order chi connectivity index (χ1) is 14.7. The molecule has 30 heavy (non-hydrogen) atoms. The minimum atomic E-state index is -0.510. The van der Waals surface area contributed by atoms with E-state index in [1.807, 2.05) is 42.7 Å². The van der Waals surface area contributed by atoms with Crippen molar-refractivity contribution in [2.45, 2.75) is 17.5 Å². The Balaban J connectivity index is 1.71. The van der Waals surface area contributed by atoms with Gasteiger partial charge in [0.25, 0.3) is 5.91 Å². The summed E-state index contributed by atoms with van der Waals surface area (Å²) in [5.74, 6) is -0.155. The van der Waals surface area contributed by atoms with Gasteiger partial charge in [-0.05, 0) is 47.7 Å². The summed E-state index contributed by atoms with van der Waals surface area (Å²) in [6, 6.07) is 18.3. The summed E-state index contributed by atoms with van der Waals surface area (Å²) in [7, 11) is 0. The Morgan fingerprint density at radius 3 is 2.57 bits per heavy atom. The molecule has 3 heterocycles. The molecule has 0 spiro atoms. The van der Waals surface area contributed by atoms with Crippen LogP contribution < -0.4 is 5.43 Å². The maximum Gasteiger partial charge on any atom is 0.291 e. The highest BCUT2D eigenvalue weighted by molar-refractivity contribution is 7.98. The van der Waals surface area contributed by atoms with Crippen molar-refractivity contribution in [3.8, 4) is 0 Å². The molecule has 148 valence electrons. The number of amides is 1. The molecule has 0 radical (unpaired) electrons. The molecule has 2 aromatic heterocycles. The largest absolute Gasteiger partial charge is 0.450 e. The molecule has 6 heteroatoms. The number of thioether (sulfide) groups is 1. The average molecular weight is 414 g/mol. The summed E-state index contributed by atoms with van der Waals surface area (Å²) in [6.45, 7) is 0.335. The van der Waals surface area contributed by atoms with Crippen LogP contribution in [0.15, 0.2) is 87.2 Å². The summed E-state index contributed by atoms with van der Waals surface area (Å²) >= 11 is 1.65. The lowest BCUT2D eigenvalue weighted by molar-refractivity contribution is 0.0714. The molecular weight excluding hydrogens is 396 g/mol. The van der Waals surface area contributed by atoms with E-state index in [0.717, 1.165) is 16.0 Å². The SMILES string of the molecule is CSc1ccc([C@H]2c3c(oc4ccccc4c3=O)C(=O)N2Cc2cccnc2)cc1. The van der Waals surface area contributed by atoms with Gasteiger partial charge in [0.15, 0.2) is 5.43 Å². The third kappa shape index (κ3) is 3.00. The van der Waals surface area contributed by atoms with Gasteiger partial charge in [0, 0.05) is 23.8 Å². The number of carbonyl (C=O) groups is 1. The molecule has 1 amide bonds. The summed E-state index contributed by atoms with van der Waals surface area (Å²) in [5, 5.41) is 0.484. The second kappa shape index (κ2) is 7.46. The zero-order valence-electron chi connectivity index (χ0n) is 16.2. The highest BCUT2D eigenvalue weighted by Gasteiger charge is 2.42. The zero-order chi connectivity index (χ0) is 20.7. The van der Waals surface area contributed by atoms with Gasteiger partial charge in [0.05, 0.1) is 17.0 Å². The van der Waals surface area contributed by atoms with Crippen LogP contribution in [0.5, 0.6) is 0 Å². The summed E-state index contributed by atoms with van der Waals surface area (Å²) in [5.41, 5.74) is 2.44. The Bertz CT molecular complexity index is 1300. The van der Waals surface area contributed by atoms with Crippen LogP contribution in [0.3, 0.4) is 0 Å². The predicted octanol–water partition coefficient (Wildman–Crippen LogP) is 4.66. The van der Waals surface area contributed by atoms with Crippen LogP contribution in [-0.2, 0) is 6.54 Å². The van der Waals surface area contributed by atoms with Gasteiger partial charge in [-0.1, -0.05) is 30.3 Å². The predicted molar refractivity (Wildman–Crippen MR) is 117 cm³/mol. The van der Waals surface area contributed by atoms with Crippen LogP contribution >= 0.6 is 11.8 Å². The molecule has 1 aliphatic rings. The molecular formula is C24H18N2O3S. The minimum Gasteiger partial charge on any atom is -0.450 e. The van der Waals surface area contributed by atoms with E-state index >= 15 is 0 Å². The fraction of sp³-hybridized carbons (Fsp3) is 0.125. The number of benzene rings is 2. The molecule has 5 rings (SSSR count). The Kier molecular flexibility index (Phi) is 4.64. The van der Waals surface area contributed by atoms with E-state index in [0.29, 0.717) is 23.1 Å². The molecule has 0 fully saturated rings. The van der Waals surface area contributed by atoms with Crippen molar-refractivity contribution >= 4 is 28.6 Å². The second-order valence-electron chi connectivity index (χ2n) is 7.14. The molecule has 0 saturated carbocycles. The fourth-order valence-electron chi connectivity index (χ4n) is 3.95. The lowest BCUT2D eigenvalue weighted by Crippen LogP contribution is -2.29. The molecule has 0 bridgehead atoms. The number of para-hydroxylation sites is 1. The monoisotopic (exact) mass is 414 g/mol. The van der Waals surface area contributed by atoms with Gasteiger partial charge in [-0.2, -0.15) is 0 Å². The van der Waals surface area contributed by atoms with Crippen LogP contribution in [0.4, 0.5) is 0 Å². The van der Waals surface area contributed by atoms with Gasteiger partial charge in [0.1, 0.15) is 5.58 Å². The van der Waals surface area contributed by atoms with E-state index in [1.165, 1.54) is 0 Å². The van der Waals surface area contributed by atoms with E-state index < -0.39 is 6.04 Å². The fourth-order valence-corrected chi connectivity index (χ4v) is 4.36. The first kappa shape index (κ1) is 18.6. The van der Waals surface area contributed by atoms with E-state index in [1.54, 1.807) is 53.3 Å². The molecule has 2 aromatic carbocycles. The van der Waals surface area contributed by atoms with Crippen LogP contribution in [0.1, 0.15) is 33.3 Å². The summed E-state index contributed by atoms with van der Waals surface area (Å²) in [6.07, 6.45) is 5.44. The van der Waals surface area contributed by atoms with Crippen LogP contribution in [-0.4, -0.2) is 22.0 Å². The van der Waals surface area contributed by atoms with Crippen molar-refractivity contribution in [2.24, 2.45) is 0 Å². The summed E-state index contributed by atoms with van der Waals surface area (Å²) < 4.78 is 5.95. The van der Waals surface area contributed by atoms with Crippen LogP contribution in [0.25, 0.3) is 11.0 Å². The summed E-state index contributed by atoms with van der Waals surface area (Å²) in [4.78, 5) is 33.8. The van der Waals surface area contributed by atoms with Crippen molar-refractivity contribution in [3.05, 3.63) is 106 Å². The lowest BCUT2D eigenvalue weighted by Gasteiger charge is -2.25. The number of pyridine rings is 1. The number of hydrogen-bond acceptors (Lipinski definition) is 5. The number of fused-ring (bicyclic) bond motifs is 2. The number of aromatic nitrogens is 1. The van der Waals surface area contributed by atoms with Crippen molar-refractivity contribution in [1.82, 2.24) is 9.88 Å². The van der Waals surface area contributed by atoms with Crippen molar-refractivity contribution in [2.75, 3.05) is 6.26 Å². The van der Waals surface area contributed by atoms with Gasteiger partial charge < -0.3 is 9.32 Å². The third-order valence-electron chi connectivity index (χ3n) is 5.38. The van der Waals surface area contributed by atoms with E-state index in [9.17, 15) is 9.59 Å². The first-order valence-corrected chi connectivity index (χ1v) is 10.8. The molecule has 1 aliphatic heterocycles. The van der Waals surface area contributed by atoms with Crippen molar-refractivity contribution in [3.63, 3.8) is 0 Å². The highest BCUT2D eigenvalue weighted by atomic mass is 32.2. The van der Waals surface area contributed by atoms with Gasteiger partial charge in [-0.3, -0.25) is 14.6 Å². The molecule has 5 nitrogen and oxygen atoms in total. The molecule has 1 atom stereocenters. The number of rotatable bonds is 4. The first-order valence-electron chi connectivity index (χ1n) is 9.57. The number of nitrogens with zero attached hydrogens (tertiary/aromatic N) is 2. The van der Waals surface area contributed by atoms with E-state index in [-0.39, 0.29) is 17.1 Å². The molecule has 0 saturated heterocycles. The second-order valence-corrected chi connectivity index (χ2v) is 8.02. The third-order valence-corrected chi connectivity index (χ3v) is 6.12. The Hall–Kier alpha value is -3.38. The average Bonchev–Trinajstić information content (AvgIpc) is 3.06. The Morgan fingerprint density at radius 1 is 1.03 bits per heavy atom. The minimum absolute atomic E-state index is 0.126. The van der Waals surface area contributed by atoms with Crippen LogP contribution in [0.2, 0.25) is 0 Å². The standard InChI is InChI=1S/C24H18N2O3S/c1-30-17-10-8-16(9-11-17)21-20-22(27)18-6-2-3-7-19(18)29-23(20)24(28)26(21)14-15-5-4-12-25-13-15/h2-13,21H,14H2,1H3/t21-/m0/s1. The van der Waals surface area contributed by atoms with Crippen LogP contribution in [0, 0.1) is 0 Å². The normalized spacial score (nSPS) is 15.6. The quantitative estimate of drug-likeness (QED) is 0.455. The van der Waals surface area contributed by atoms with Gasteiger partial charge in [0.2, 0.25) is 5.76 Å². The van der Waals surface area contributed by atoms with Gasteiger partial charge in [-0.25, -0.2) is 0 Å². The maximum atomic E-state index is 13.4. The smallest absolute Gasteiger partial charge is 0.291 e. The molecule has 0 unspecified atom stereocenters. The van der Waals surface area contributed by atoms with Gasteiger partial charge in [-0.15, -0.1) is 11.8 Å².